The van der Waals surface area contributed by atoms with Crippen LogP contribution in [0.2, 0.25) is 0 Å². The smallest absolute Gasteiger partial charge is 0.262 e. The van der Waals surface area contributed by atoms with Crippen LogP contribution >= 0.6 is 11.8 Å². The van der Waals surface area contributed by atoms with Crippen LogP contribution < -0.4 is 19.5 Å². The number of anilines is 1. The number of nitrogens with one attached hydrogen (secondary N) is 1. The molecule has 150 valence electrons. The number of rotatable bonds is 6. The van der Waals surface area contributed by atoms with Crippen LogP contribution in [0.3, 0.4) is 0 Å². The Morgan fingerprint density at radius 2 is 1.73 bits per heavy atom. The van der Waals surface area contributed by atoms with Gasteiger partial charge in [0.25, 0.3) is 5.91 Å². The molecule has 0 atom stereocenters. The minimum absolute atomic E-state index is 0.220. The average Bonchev–Trinajstić information content (AvgIpc) is 2.79. The highest BCUT2D eigenvalue weighted by Gasteiger charge is 2.18. The molecule has 6 nitrogen and oxygen atoms in total. The second-order valence-electron chi connectivity index (χ2n) is 6.35. The molecule has 0 aliphatic carbocycles. The molecule has 0 spiro atoms. The van der Waals surface area contributed by atoms with Gasteiger partial charge in [-0.05, 0) is 24.3 Å². The molecule has 0 saturated carbocycles. The van der Waals surface area contributed by atoms with Crippen LogP contribution in [0.25, 0.3) is 0 Å². The molecule has 0 aromatic heterocycles. The SMILES string of the molecule is N#Cc1ccccc1OCC(=O)Nc1cc2c(cc1Sc1ccccc1)OCCO2. The van der Waals surface area contributed by atoms with Crippen LogP contribution in [0.4, 0.5) is 5.69 Å². The highest BCUT2D eigenvalue weighted by Crippen LogP contribution is 2.42. The molecule has 30 heavy (non-hydrogen) atoms. The van der Waals surface area contributed by atoms with Crippen molar-refractivity contribution in [1.82, 2.24) is 0 Å². The van der Waals surface area contributed by atoms with Gasteiger partial charge in [-0.1, -0.05) is 42.1 Å². The number of ether oxygens (including phenoxy) is 3. The van der Waals surface area contributed by atoms with E-state index in [1.165, 1.54) is 11.8 Å². The molecule has 0 unspecified atom stereocenters. The predicted octanol–water partition coefficient (Wildman–Crippen LogP) is 4.50. The standard InChI is InChI=1S/C23H18N2O4S/c24-14-16-6-4-5-9-19(16)29-15-23(26)25-18-12-20-21(28-11-10-27-20)13-22(18)30-17-7-2-1-3-8-17/h1-9,12-13H,10-11,15H2,(H,25,26). The van der Waals surface area contributed by atoms with Gasteiger partial charge >= 0.3 is 0 Å². The number of benzene rings is 3. The summed E-state index contributed by atoms with van der Waals surface area (Å²) in [5, 5.41) is 12.0. The Kier molecular flexibility index (Phi) is 6.06. The third kappa shape index (κ3) is 4.67. The fraction of sp³-hybridized carbons (Fsp3) is 0.130. The van der Waals surface area contributed by atoms with Gasteiger partial charge in [-0.2, -0.15) is 5.26 Å². The summed E-state index contributed by atoms with van der Waals surface area (Å²) in [6.07, 6.45) is 0. The second-order valence-corrected chi connectivity index (χ2v) is 7.47. The van der Waals surface area contributed by atoms with Gasteiger partial charge in [-0.25, -0.2) is 0 Å². The Morgan fingerprint density at radius 3 is 2.50 bits per heavy atom. The van der Waals surface area contributed by atoms with Gasteiger partial charge in [0.1, 0.15) is 25.0 Å². The van der Waals surface area contributed by atoms with Crippen molar-refractivity contribution in [2.24, 2.45) is 0 Å². The van der Waals surface area contributed by atoms with E-state index in [1.54, 1.807) is 30.3 Å². The first kappa shape index (κ1) is 19.7. The van der Waals surface area contributed by atoms with Gasteiger partial charge in [0.2, 0.25) is 0 Å². The molecule has 7 heteroatoms. The van der Waals surface area contributed by atoms with Gasteiger partial charge in [-0.3, -0.25) is 4.79 Å². The molecule has 0 fully saturated rings. The summed E-state index contributed by atoms with van der Waals surface area (Å²) >= 11 is 1.52. The van der Waals surface area contributed by atoms with E-state index in [2.05, 4.69) is 5.32 Å². The maximum absolute atomic E-state index is 12.6. The lowest BCUT2D eigenvalue weighted by atomic mass is 10.2. The van der Waals surface area contributed by atoms with Gasteiger partial charge in [0, 0.05) is 21.9 Å². The lowest BCUT2D eigenvalue weighted by molar-refractivity contribution is -0.118. The zero-order chi connectivity index (χ0) is 20.8. The summed E-state index contributed by atoms with van der Waals surface area (Å²) < 4.78 is 16.9. The van der Waals surface area contributed by atoms with Crippen molar-refractivity contribution in [3.63, 3.8) is 0 Å². The fourth-order valence-corrected chi connectivity index (χ4v) is 3.82. The van der Waals surface area contributed by atoms with E-state index in [1.807, 2.05) is 42.5 Å². The maximum atomic E-state index is 12.6. The largest absolute Gasteiger partial charge is 0.486 e. The van der Waals surface area contributed by atoms with Crippen molar-refractivity contribution in [3.05, 3.63) is 72.3 Å². The predicted molar refractivity (Wildman–Crippen MR) is 113 cm³/mol. The van der Waals surface area contributed by atoms with E-state index in [9.17, 15) is 4.79 Å². The number of carbonyl (C=O) groups excluding carboxylic acids is 1. The number of hydrogen-bond donors (Lipinski definition) is 1. The third-order valence-corrected chi connectivity index (χ3v) is 5.32. The van der Waals surface area contributed by atoms with Gasteiger partial charge in [0.05, 0.1) is 11.3 Å². The third-order valence-electron chi connectivity index (χ3n) is 4.26. The van der Waals surface area contributed by atoms with E-state index in [-0.39, 0.29) is 12.5 Å². The molecular formula is C23H18N2O4S. The van der Waals surface area contributed by atoms with E-state index in [4.69, 9.17) is 19.5 Å². The van der Waals surface area contributed by atoms with Crippen LogP contribution in [0.5, 0.6) is 17.2 Å². The van der Waals surface area contributed by atoms with Crippen molar-refractivity contribution >= 4 is 23.4 Å². The minimum Gasteiger partial charge on any atom is -0.486 e. The molecule has 3 aromatic carbocycles. The fourth-order valence-electron chi connectivity index (χ4n) is 2.88. The van der Waals surface area contributed by atoms with Crippen molar-refractivity contribution < 1.29 is 19.0 Å². The molecular weight excluding hydrogens is 400 g/mol. The molecule has 1 heterocycles. The Morgan fingerprint density at radius 1 is 1.03 bits per heavy atom. The molecule has 0 saturated heterocycles. The molecule has 1 aliphatic rings. The van der Waals surface area contributed by atoms with Crippen molar-refractivity contribution in [3.8, 4) is 23.3 Å². The van der Waals surface area contributed by atoms with Gasteiger partial charge < -0.3 is 19.5 Å². The zero-order valence-electron chi connectivity index (χ0n) is 16.0. The summed E-state index contributed by atoms with van der Waals surface area (Å²) in [5.41, 5.74) is 0.986. The Balaban J connectivity index is 1.53. The molecule has 0 radical (unpaired) electrons. The number of nitrogens with zero attached hydrogens (tertiary/aromatic N) is 1. The maximum Gasteiger partial charge on any atom is 0.262 e. The zero-order valence-corrected chi connectivity index (χ0v) is 16.8. The lowest BCUT2D eigenvalue weighted by Gasteiger charge is -2.21. The second kappa shape index (κ2) is 9.25. The molecule has 4 rings (SSSR count). The van der Waals surface area contributed by atoms with E-state index >= 15 is 0 Å². The van der Waals surface area contributed by atoms with Crippen molar-refractivity contribution in [2.75, 3.05) is 25.1 Å². The summed E-state index contributed by atoms with van der Waals surface area (Å²) in [6.45, 7) is 0.725. The lowest BCUT2D eigenvalue weighted by Crippen LogP contribution is -2.21. The van der Waals surface area contributed by atoms with Gasteiger partial charge in [0.15, 0.2) is 18.1 Å². The van der Waals surface area contributed by atoms with Crippen LogP contribution in [0.1, 0.15) is 5.56 Å². The normalized spacial score (nSPS) is 12.0. The minimum atomic E-state index is -0.339. The number of para-hydroxylation sites is 1. The van der Waals surface area contributed by atoms with Crippen molar-refractivity contribution in [2.45, 2.75) is 9.79 Å². The number of nitriles is 1. The molecule has 1 amide bonds. The number of carbonyl (C=O) groups is 1. The molecule has 0 bridgehead atoms. The first-order chi connectivity index (χ1) is 14.7. The van der Waals surface area contributed by atoms with Crippen LogP contribution in [-0.4, -0.2) is 25.7 Å². The average molecular weight is 418 g/mol. The quantitative estimate of drug-likeness (QED) is 0.635. The topological polar surface area (TPSA) is 80.6 Å². The van der Waals surface area contributed by atoms with Crippen molar-refractivity contribution in [1.29, 1.82) is 5.26 Å². The summed E-state index contributed by atoms with van der Waals surface area (Å²) in [5.74, 6) is 1.27. The molecule has 1 N–H and O–H groups in total. The van der Waals surface area contributed by atoms with Gasteiger partial charge in [-0.15, -0.1) is 0 Å². The summed E-state index contributed by atoms with van der Waals surface area (Å²) in [7, 11) is 0. The Hall–Kier alpha value is -3.63. The molecule has 3 aromatic rings. The Labute approximate surface area is 178 Å². The first-order valence-electron chi connectivity index (χ1n) is 9.31. The van der Waals surface area contributed by atoms with E-state index in [0.29, 0.717) is 41.7 Å². The van der Waals surface area contributed by atoms with Crippen LogP contribution in [-0.2, 0) is 4.79 Å². The van der Waals surface area contributed by atoms with Crippen LogP contribution in [0, 0.1) is 11.3 Å². The molecule has 1 aliphatic heterocycles. The first-order valence-corrected chi connectivity index (χ1v) is 10.1. The summed E-state index contributed by atoms with van der Waals surface area (Å²) in [4.78, 5) is 14.4. The Bertz CT molecular complexity index is 1100. The van der Waals surface area contributed by atoms with E-state index in [0.717, 1.165) is 9.79 Å². The number of fused-ring (bicyclic) bond motifs is 1. The summed E-state index contributed by atoms with van der Waals surface area (Å²) in [6, 6.07) is 22.3. The highest BCUT2D eigenvalue weighted by atomic mass is 32.2. The van der Waals surface area contributed by atoms with E-state index < -0.39 is 0 Å². The van der Waals surface area contributed by atoms with Crippen LogP contribution in [0.15, 0.2) is 76.5 Å². The number of amides is 1. The monoisotopic (exact) mass is 418 g/mol. The highest BCUT2D eigenvalue weighted by molar-refractivity contribution is 7.99. The number of hydrogen-bond acceptors (Lipinski definition) is 6.